The number of nitrogens with zero attached hydrogens (tertiary/aromatic N) is 4. The fourth-order valence-corrected chi connectivity index (χ4v) is 3.14. The van der Waals surface area contributed by atoms with E-state index >= 15 is 0 Å². The van der Waals surface area contributed by atoms with Gasteiger partial charge in [-0.15, -0.1) is 0 Å². The van der Waals surface area contributed by atoms with Crippen LogP contribution in [0.4, 0.5) is 22.7 Å². The number of hydrogen-bond donors (Lipinski definition) is 0. The van der Waals surface area contributed by atoms with Crippen molar-refractivity contribution in [3.05, 3.63) is 34.9 Å². The van der Waals surface area contributed by atoms with Crippen LogP contribution in [-0.4, -0.2) is 29.0 Å². The van der Waals surface area contributed by atoms with Crippen LogP contribution < -0.4 is 4.90 Å². The molecule has 0 atom stereocenters. The Morgan fingerprint density at radius 2 is 1.83 bits per heavy atom. The van der Waals surface area contributed by atoms with Crippen LogP contribution in [0.25, 0.3) is 21.6 Å². The van der Waals surface area contributed by atoms with E-state index in [2.05, 4.69) is 15.0 Å². The van der Waals surface area contributed by atoms with Gasteiger partial charge in [0.25, 0.3) is 0 Å². The summed E-state index contributed by atoms with van der Waals surface area (Å²) in [4.78, 5) is 13.9. The van der Waals surface area contributed by atoms with Crippen molar-refractivity contribution >= 4 is 38.4 Å². The third-order valence-corrected chi connectivity index (χ3v) is 4.54. The zero-order chi connectivity index (χ0) is 17.6. The number of fused-ring (bicyclic) bond motifs is 1. The van der Waals surface area contributed by atoms with E-state index in [1.54, 1.807) is 19.0 Å². The molecular weight excluding hydrogens is 368 g/mol. The van der Waals surface area contributed by atoms with Gasteiger partial charge in [-0.2, -0.15) is 23.1 Å². The molecule has 0 amide bonds. The van der Waals surface area contributed by atoms with Gasteiger partial charge in [-0.1, -0.05) is 11.3 Å². The number of hydrogen-bond acceptors (Lipinski definition) is 5. The van der Waals surface area contributed by atoms with Crippen molar-refractivity contribution in [2.24, 2.45) is 0 Å². The molecule has 0 N–H and O–H groups in total. The first kappa shape index (κ1) is 16.8. The van der Waals surface area contributed by atoms with E-state index in [1.165, 1.54) is 11.3 Å². The molecule has 24 heavy (non-hydrogen) atoms. The van der Waals surface area contributed by atoms with Gasteiger partial charge in [-0.3, -0.25) is 0 Å². The predicted octanol–water partition coefficient (Wildman–Crippen LogP) is 4.63. The van der Waals surface area contributed by atoms with Gasteiger partial charge in [0.2, 0.25) is 5.28 Å². The number of alkyl halides is 3. The van der Waals surface area contributed by atoms with Crippen molar-refractivity contribution in [1.82, 2.24) is 15.0 Å². The van der Waals surface area contributed by atoms with E-state index in [-0.39, 0.29) is 22.2 Å². The lowest BCUT2D eigenvalue weighted by atomic mass is 10.1. The molecule has 0 aliphatic heterocycles. The fraction of sp³-hybridized carbons (Fsp3) is 0.214. The monoisotopic (exact) mass is 376 g/mol. The lowest BCUT2D eigenvalue weighted by Crippen LogP contribution is -2.07. The molecule has 0 fully saturated rings. The van der Waals surface area contributed by atoms with Gasteiger partial charge in [-0.25, -0.2) is 9.37 Å². The molecular formula is C14H9ClF4N4S. The van der Waals surface area contributed by atoms with Crippen LogP contribution in [0.3, 0.4) is 0 Å². The van der Waals surface area contributed by atoms with Crippen LogP contribution in [-0.2, 0) is 6.18 Å². The Morgan fingerprint density at radius 3 is 2.42 bits per heavy atom. The highest BCUT2D eigenvalue weighted by Gasteiger charge is 2.31. The zero-order valence-corrected chi connectivity index (χ0v) is 13.9. The molecule has 0 spiro atoms. The summed E-state index contributed by atoms with van der Waals surface area (Å²) >= 11 is 7.04. The van der Waals surface area contributed by atoms with Crippen LogP contribution in [0.5, 0.6) is 0 Å². The molecule has 0 aliphatic rings. The Hall–Kier alpha value is -2.00. The van der Waals surface area contributed by atoms with Crippen molar-refractivity contribution in [2.75, 3.05) is 19.0 Å². The summed E-state index contributed by atoms with van der Waals surface area (Å²) in [6, 6.07) is 2.27. The first-order chi connectivity index (χ1) is 11.2. The molecule has 4 nitrogen and oxygen atoms in total. The highest BCUT2D eigenvalue weighted by molar-refractivity contribution is 7.22. The first-order valence-corrected chi connectivity index (χ1v) is 7.75. The van der Waals surface area contributed by atoms with Gasteiger partial charge in [0.05, 0.1) is 11.3 Å². The molecule has 3 aromatic rings. The third kappa shape index (κ3) is 3.01. The second-order valence-electron chi connectivity index (χ2n) is 5.08. The Morgan fingerprint density at radius 1 is 1.12 bits per heavy atom. The van der Waals surface area contributed by atoms with E-state index in [0.717, 1.165) is 12.1 Å². The molecule has 0 radical (unpaired) electrons. The van der Waals surface area contributed by atoms with E-state index < -0.39 is 17.6 Å². The largest absolute Gasteiger partial charge is 0.416 e. The quantitative estimate of drug-likeness (QED) is 0.483. The van der Waals surface area contributed by atoms with Gasteiger partial charge in [-0.05, 0) is 29.8 Å². The van der Waals surface area contributed by atoms with E-state index in [9.17, 15) is 17.6 Å². The number of thiazole rings is 1. The molecule has 0 aliphatic carbocycles. The van der Waals surface area contributed by atoms with Crippen LogP contribution >= 0.6 is 22.9 Å². The minimum Gasteiger partial charge on any atom is -0.354 e. The molecule has 2 heterocycles. The van der Waals surface area contributed by atoms with Gasteiger partial charge in [0.15, 0.2) is 10.8 Å². The maximum Gasteiger partial charge on any atom is 0.416 e. The van der Waals surface area contributed by atoms with Crippen LogP contribution in [0, 0.1) is 5.82 Å². The second-order valence-corrected chi connectivity index (χ2v) is 6.39. The van der Waals surface area contributed by atoms with Crippen molar-refractivity contribution in [3.8, 4) is 11.3 Å². The number of halogens is 5. The zero-order valence-electron chi connectivity index (χ0n) is 12.3. The number of benzene rings is 1. The second kappa shape index (κ2) is 5.82. The molecule has 10 heteroatoms. The third-order valence-electron chi connectivity index (χ3n) is 3.15. The van der Waals surface area contributed by atoms with Gasteiger partial charge in [0.1, 0.15) is 10.5 Å². The van der Waals surface area contributed by atoms with Crippen LogP contribution in [0.15, 0.2) is 18.2 Å². The summed E-state index contributed by atoms with van der Waals surface area (Å²) in [5, 5.41) is 0.433. The highest BCUT2D eigenvalue weighted by Crippen LogP contribution is 2.37. The summed E-state index contributed by atoms with van der Waals surface area (Å²) in [6.07, 6.45) is -4.62. The Bertz CT molecular complexity index is 923. The molecule has 0 saturated heterocycles. The van der Waals surface area contributed by atoms with Crippen LogP contribution in [0.2, 0.25) is 5.28 Å². The normalized spacial score (nSPS) is 12.0. The Kier molecular flexibility index (Phi) is 4.08. The van der Waals surface area contributed by atoms with E-state index in [4.69, 9.17) is 11.6 Å². The lowest BCUT2D eigenvalue weighted by molar-refractivity contribution is -0.137. The Balaban J connectivity index is 2.22. The minimum absolute atomic E-state index is 0.0914. The average molecular weight is 377 g/mol. The number of rotatable bonds is 2. The summed E-state index contributed by atoms with van der Waals surface area (Å²) in [6.45, 7) is 0. The smallest absolute Gasteiger partial charge is 0.354 e. The minimum atomic E-state index is -4.62. The summed E-state index contributed by atoms with van der Waals surface area (Å²) in [5.74, 6) is -1.04. The maximum atomic E-state index is 14.3. The molecule has 0 saturated carbocycles. The maximum absolute atomic E-state index is 14.3. The molecule has 0 bridgehead atoms. The number of aromatic nitrogens is 3. The van der Waals surface area contributed by atoms with Crippen LogP contribution in [0.1, 0.15) is 5.56 Å². The highest BCUT2D eigenvalue weighted by atomic mass is 35.5. The van der Waals surface area contributed by atoms with Gasteiger partial charge >= 0.3 is 6.18 Å². The van der Waals surface area contributed by atoms with E-state index in [0.29, 0.717) is 15.9 Å². The molecule has 0 unspecified atom stereocenters. The predicted molar refractivity (Wildman–Crippen MR) is 84.9 cm³/mol. The van der Waals surface area contributed by atoms with Crippen molar-refractivity contribution in [1.29, 1.82) is 0 Å². The van der Waals surface area contributed by atoms with E-state index in [1.807, 2.05) is 0 Å². The summed E-state index contributed by atoms with van der Waals surface area (Å²) in [5.41, 5.74) is -0.787. The average Bonchev–Trinajstić information content (AvgIpc) is 2.89. The standard InChI is InChI=1S/C14H9ClF4N4S/c1-23(2)13-22-11-10(24-13)9(20-12(15)21-11)7-4-3-6(5-8(7)16)14(17,18)19/h3-5H,1-2H3. The number of anilines is 1. The summed E-state index contributed by atoms with van der Waals surface area (Å²) in [7, 11) is 3.54. The topological polar surface area (TPSA) is 41.9 Å². The first-order valence-electron chi connectivity index (χ1n) is 6.55. The Labute approximate surface area is 142 Å². The molecule has 126 valence electrons. The summed E-state index contributed by atoms with van der Waals surface area (Å²) < 4.78 is 52.8. The van der Waals surface area contributed by atoms with Gasteiger partial charge < -0.3 is 4.90 Å². The fourth-order valence-electron chi connectivity index (χ4n) is 2.04. The molecule has 2 aromatic heterocycles. The van der Waals surface area contributed by atoms with Crippen molar-refractivity contribution in [3.63, 3.8) is 0 Å². The van der Waals surface area contributed by atoms with Crippen molar-refractivity contribution < 1.29 is 17.6 Å². The molecule has 3 rings (SSSR count). The molecule has 1 aromatic carbocycles. The SMILES string of the molecule is CN(C)c1nc2nc(Cl)nc(-c3ccc(C(F)(F)F)cc3F)c2s1. The lowest BCUT2D eigenvalue weighted by Gasteiger charge is -2.09. The van der Waals surface area contributed by atoms with Crippen molar-refractivity contribution in [2.45, 2.75) is 6.18 Å². The van der Waals surface area contributed by atoms with Gasteiger partial charge in [0, 0.05) is 19.7 Å².